The van der Waals surface area contributed by atoms with Crippen molar-refractivity contribution in [2.24, 2.45) is 0 Å². The fourth-order valence-corrected chi connectivity index (χ4v) is 4.54. The van der Waals surface area contributed by atoms with E-state index >= 15 is 0 Å². The molecular formula is C29H45F2N4O5Pd-. The van der Waals surface area contributed by atoms with E-state index in [1.54, 1.807) is 43.0 Å². The zero-order chi connectivity index (χ0) is 26.6. The van der Waals surface area contributed by atoms with Gasteiger partial charge >= 0.3 is 0 Å². The number of hydrogen-bond donors (Lipinski definition) is 0. The van der Waals surface area contributed by atoms with Crippen molar-refractivity contribution < 1.29 is 55.9 Å². The van der Waals surface area contributed by atoms with Gasteiger partial charge < -0.3 is 32.9 Å². The Morgan fingerprint density at radius 2 is 1.46 bits per heavy atom. The number of pyridine rings is 2. The molecule has 2 amide bonds. The Bertz CT molecular complexity index is 1080. The molecule has 2 aromatic rings. The van der Waals surface area contributed by atoms with E-state index in [0.717, 1.165) is 31.6 Å². The number of nitrogens with zero attached hydrogens (tertiary/aromatic N) is 4. The van der Waals surface area contributed by atoms with Crippen LogP contribution in [-0.4, -0.2) is 81.9 Å². The second-order valence-corrected chi connectivity index (χ2v) is 9.27. The summed E-state index contributed by atoms with van der Waals surface area (Å²) in [6.45, 7) is 7.76. The predicted molar refractivity (Wildman–Crippen MR) is 153 cm³/mol. The van der Waals surface area contributed by atoms with Gasteiger partial charge in [0.15, 0.2) is 0 Å². The number of ether oxygens (including phenoxy) is 1. The number of halogens is 2. The molecule has 236 valence electrons. The Hall–Kier alpha value is -2.62. The molecule has 0 aromatic carbocycles. The van der Waals surface area contributed by atoms with Gasteiger partial charge in [0.05, 0.1) is 0 Å². The molecule has 2 saturated heterocycles. The quantitative estimate of drug-likeness (QED) is 0.272. The first kappa shape index (κ1) is 40.5. The van der Waals surface area contributed by atoms with Gasteiger partial charge in [-0.1, -0.05) is 12.1 Å². The van der Waals surface area contributed by atoms with Crippen LogP contribution in [0.2, 0.25) is 0 Å². The molecule has 0 bridgehead atoms. The van der Waals surface area contributed by atoms with E-state index in [1.807, 2.05) is 11.0 Å². The maximum absolute atomic E-state index is 13.4. The third-order valence-electron chi connectivity index (χ3n) is 6.75. The minimum atomic E-state index is -0.440. The molecule has 12 heteroatoms. The van der Waals surface area contributed by atoms with E-state index in [1.165, 1.54) is 25.2 Å². The number of piperidine rings is 1. The molecule has 0 aliphatic carbocycles. The van der Waals surface area contributed by atoms with Gasteiger partial charge in [-0.15, -0.1) is 0 Å². The standard InChI is InChI=1S/C12H15FN2O.C12H13FN2O.C4H8O.CH3.2H2O.Pd.H2/c2*1-9(16)15-7-4-10(5-8-15)11-3-2-6-14-12(11)13;1-2-4-5-3-1;;;;;/h2-3,6,10H,4-5,7-8H2,1H3;2-4,6H,5,7-8H2,1H3;1-4H2;1H3;2*1H2;;1H/q;;;-1;;;;. The third-order valence-corrected chi connectivity index (χ3v) is 6.75. The van der Waals surface area contributed by atoms with Crippen LogP contribution in [0.15, 0.2) is 42.7 Å². The number of hydrogen-bond acceptors (Lipinski definition) is 5. The van der Waals surface area contributed by atoms with E-state index in [0.29, 0.717) is 43.7 Å². The van der Waals surface area contributed by atoms with Crippen LogP contribution in [0.5, 0.6) is 0 Å². The maximum Gasteiger partial charge on any atom is 0.220 e. The van der Waals surface area contributed by atoms with Crippen molar-refractivity contribution in [2.75, 3.05) is 39.4 Å². The average molecular weight is 674 g/mol. The summed E-state index contributed by atoms with van der Waals surface area (Å²) in [5.74, 6) is -0.454. The van der Waals surface area contributed by atoms with Gasteiger partial charge in [0.25, 0.3) is 0 Å². The molecule has 0 unspecified atom stereocenters. The monoisotopic (exact) mass is 673 g/mol. The first-order valence-electron chi connectivity index (χ1n) is 12.9. The minimum Gasteiger partial charge on any atom is -0.412 e. The Morgan fingerprint density at radius 3 is 1.90 bits per heavy atom. The molecule has 2 aromatic heterocycles. The maximum atomic E-state index is 13.4. The van der Waals surface area contributed by atoms with Crippen LogP contribution in [0, 0.1) is 19.3 Å². The van der Waals surface area contributed by atoms with Crippen molar-refractivity contribution in [1.29, 1.82) is 0 Å². The Balaban J connectivity index is -0.000000563. The van der Waals surface area contributed by atoms with Gasteiger partial charge in [-0.05, 0) is 61.8 Å². The molecule has 0 spiro atoms. The Labute approximate surface area is 257 Å². The summed E-state index contributed by atoms with van der Waals surface area (Å²) in [6.07, 6.45) is 9.67. The summed E-state index contributed by atoms with van der Waals surface area (Å²) in [4.78, 5) is 33.1. The van der Waals surface area contributed by atoms with Crippen molar-refractivity contribution in [3.8, 4) is 0 Å². The van der Waals surface area contributed by atoms with Crippen LogP contribution in [-0.2, 0) is 34.7 Å². The van der Waals surface area contributed by atoms with Gasteiger partial charge in [-0.25, -0.2) is 9.97 Å². The van der Waals surface area contributed by atoms with Crippen molar-refractivity contribution in [3.63, 3.8) is 0 Å². The predicted octanol–water partition coefficient (Wildman–Crippen LogP) is 3.64. The SMILES string of the molecule is C1CCOC1.CC(=O)N1CC=C(c2cccnc2F)CC1.CC(=O)N1CCC(c2cccnc2F)CC1.O.O.[CH3-].[HH].[Pd]. The first-order valence-corrected chi connectivity index (χ1v) is 12.9. The van der Waals surface area contributed by atoms with Crippen LogP contribution < -0.4 is 0 Å². The Kier molecular flexibility index (Phi) is 20.9. The Morgan fingerprint density at radius 1 is 0.902 bits per heavy atom. The molecule has 0 saturated carbocycles. The molecule has 9 nitrogen and oxygen atoms in total. The molecule has 0 atom stereocenters. The summed E-state index contributed by atoms with van der Waals surface area (Å²) in [7, 11) is 0. The molecule has 5 rings (SSSR count). The zero-order valence-corrected chi connectivity index (χ0v) is 25.5. The van der Waals surface area contributed by atoms with Crippen LogP contribution in [0.25, 0.3) is 5.57 Å². The third kappa shape index (κ3) is 12.8. The van der Waals surface area contributed by atoms with Gasteiger partial charge in [-0.2, -0.15) is 8.78 Å². The van der Waals surface area contributed by atoms with Crippen LogP contribution in [0.3, 0.4) is 0 Å². The van der Waals surface area contributed by atoms with Gasteiger partial charge in [0.2, 0.25) is 23.7 Å². The second kappa shape index (κ2) is 21.1. The van der Waals surface area contributed by atoms with Gasteiger partial charge in [-0.3, -0.25) is 9.59 Å². The summed E-state index contributed by atoms with van der Waals surface area (Å²) >= 11 is 0. The minimum absolute atomic E-state index is 0. The normalized spacial score (nSPS) is 16.0. The number of carbonyl (C=O) groups is 2. The van der Waals surface area contributed by atoms with E-state index in [-0.39, 0.29) is 63.9 Å². The van der Waals surface area contributed by atoms with Crippen LogP contribution in [0.1, 0.15) is 64.4 Å². The van der Waals surface area contributed by atoms with E-state index < -0.39 is 5.95 Å². The summed E-state index contributed by atoms with van der Waals surface area (Å²) in [5, 5.41) is 0. The molecule has 5 heterocycles. The molecule has 4 N–H and O–H groups in total. The molecule has 41 heavy (non-hydrogen) atoms. The second-order valence-electron chi connectivity index (χ2n) is 9.27. The summed E-state index contributed by atoms with van der Waals surface area (Å²) in [5.41, 5.74) is 2.17. The molecule has 0 radical (unpaired) electrons. The van der Waals surface area contributed by atoms with Crippen molar-refractivity contribution in [1.82, 2.24) is 19.8 Å². The average Bonchev–Trinajstić information content (AvgIpc) is 3.50. The number of likely N-dealkylation sites (tertiary alicyclic amines) is 1. The van der Waals surface area contributed by atoms with Crippen molar-refractivity contribution >= 4 is 17.4 Å². The van der Waals surface area contributed by atoms with E-state index in [2.05, 4.69) is 9.97 Å². The van der Waals surface area contributed by atoms with Gasteiger partial charge in [0, 0.05) is 98.6 Å². The van der Waals surface area contributed by atoms with E-state index in [9.17, 15) is 18.4 Å². The molecule has 3 aliphatic heterocycles. The van der Waals surface area contributed by atoms with Crippen molar-refractivity contribution in [2.45, 2.75) is 51.9 Å². The van der Waals surface area contributed by atoms with Crippen LogP contribution >= 0.6 is 0 Å². The van der Waals surface area contributed by atoms with Gasteiger partial charge in [0.1, 0.15) is 0 Å². The van der Waals surface area contributed by atoms with E-state index in [4.69, 9.17) is 4.74 Å². The smallest absolute Gasteiger partial charge is 0.220 e. The van der Waals surface area contributed by atoms with Crippen LogP contribution in [0.4, 0.5) is 8.78 Å². The number of amides is 2. The number of rotatable bonds is 2. The summed E-state index contributed by atoms with van der Waals surface area (Å²) in [6, 6.07) is 6.99. The topological polar surface area (TPSA) is 139 Å². The summed E-state index contributed by atoms with van der Waals surface area (Å²) < 4.78 is 31.8. The zero-order valence-electron chi connectivity index (χ0n) is 24.0. The largest absolute Gasteiger partial charge is 0.412 e. The number of aromatic nitrogens is 2. The molecule has 2 fully saturated rings. The first-order chi connectivity index (χ1) is 17.9. The molecule has 3 aliphatic rings. The van der Waals surface area contributed by atoms with Crippen molar-refractivity contribution in [3.05, 3.63) is 73.2 Å². The fraction of sp³-hybridized carbons (Fsp3) is 0.483. The fourth-order valence-electron chi connectivity index (χ4n) is 4.54. The number of carbonyl (C=O) groups excluding carboxylic acids is 2. The molecular weight excluding hydrogens is 629 g/mol.